The van der Waals surface area contributed by atoms with E-state index in [0.717, 1.165) is 42.4 Å². The summed E-state index contributed by atoms with van der Waals surface area (Å²) >= 11 is 0. The lowest BCUT2D eigenvalue weighted by atomic mass is 9.51. The Balaban J connectivity index is 1.12. The molecule has 0 saturated heterocycles. The predicted molar refractivity (Wildman–Crippen MR) is 108 cm³/mol. The van der Waals surface area contributed by atoms with E-state index < -0.39 is 7.60 Å². The first-order valence-electron chi connectivity index (χ1n) is 11.6. The van der Waals surface area contributed by atoms with Gasteiger partial charge in [0.05, 0.1) is 0 Å². The second-order valence-corrected chi connectivity index (χ2v) is 11.6. The van der Waals surface area contributed by atoms with Gasteiger partial charge in [0.2, 0.25) is 0 Å². The highest BCUT2D eigenvalue weighted by Gasteiger charge is 2.47. The van der Waals surface area contributed by atoms with Crippen LogP contribution in [0.4, 0.5) is 0 Å². The normalized spacial score (nSPS) is 33.1. The molecule has 0 unspecified atom stereocenters. The molecule has 0 aromatic carbocycles. The molecule has 0 aliphatic heterocycles. The Morgan fingerprint density at radius 2 is 1.04 bits per heavy atom. The van der Waals surface area contributed by atoms with Gasteiger partial charge in [0, 0.05) is 6.16 Å². The van der Waals surface area contributed by atoms with Crippen LogP contribution >= 0.6 is 7.60 Å². The number of hydrogen-bond donors (Lipinski definition) is 2. The van der Waals surface area contributed by atoms with Gasteiger partial charge >= 0.3 is 7.60 Å². The Morgan fingerprint density at radius 3 is 1.50 bits per heavy atom. The summed E-state index contributed by atoms with van der Waals surface area (Å²) in [6.07, 6.45) is 21.8. The topological polar surface area (TPSA) is 57.5 Å². The van der Waals surface area contributed by atoms with Gasteiger partial charge in [-0.05, 0) is 74.5 Å². The molecular formula is C22H41O3P. The van der Waals surface area contributed by atoms with E-state index in [1.54, 1.807) is 32.1 Å². The van der Waals surface area contributed by atoms with Crippen LogP contribution in [0, 0.1) is 29.6 Å². The van der Waals surface area contributed by atoms with Crippen molar-refractivity contribution < 1.29 is 14.4 Å². The molecule has 4 aliphatic carbocycles. The minimum absolute atomic E-state index is 0.0665. The molecule has 4 rings (SSSR count). The first-order valence-corrected chi connectivity index (χ1v) is 13.4. The van der Waals surface area contributed by atoms with Crippen LogP contribution in [0.3, 0.4) is 0 Å². The van der Waals surface area contributed by atoms with Crippen molar-refractivity contribution >= 4 is 7.60 Å². The lowest BCUT2D eigenvalue weighted by molar-refractivity contribution is -0.0404. The van der Waals surface area contributed by atoms with E-state index in [1.807, 2.05) is 0 Å². The molecule has 152 valence electrons. The third kappa shape index (κ3) is 6.64. The zero-order valence-electron chi connectivity index (χ0n) is 16.7. The van der Waals surface area contributed by atoms with E-state index in [-0.39, 0.29) is 6.16 Å². The Kier molecular flexibility index (Phi) is 8.09. The molecule has 0 radical (unpaired) electrons. The fourth-order valence-electron chi connectivity index (χ4n) is 6.62. The maximum Gasteiger partial charge on any atom is 0.325 e. The largest absolute Gasteiger partial charge is 0.325 e. The minimum atomic E-state index is -3.76. The van der Waals surface area contributed by atoms with Crippen molar-refractivity contribution in [3.8, 4) is 0 Å². The van der Waals surface area contributed by atoms with Crippen molar-refractivity contribution in [1.29, 1.82) is 0 Å². The van der Waals surface area contributed by atoms with Gasteiger partial charge in [-0.2, -0.15) is 0 Å². The standard InChI is InChI=1S/C22H41O3P/c23-26(24,25)12-10-8-6-4-2-1-3-5-7-9-11-22-20-14-18-13-19(16-20)17-21(22)15-18/h18-22H,1-17H2,(H2,23,24,25)/t18-,19+,20-,21+,22?. The van der Waals surface area contributed by atoms with Crippen LogP contribution in [0.1, 0.15) is 103 Å². The lowest BCUT2D eigenvalue weighted by Gasteiger charge is -2.54. The summed E-state index contributed by atoms with van der Waals surface area (Å²) in [5.74, 6) is 5.54. The van der Waals surface area contributed by atoms with Gasteiger partial charge in [0.15, 0.2) is 0 Å². The summed E-state index contributed by atoms with van der Waals surface area (Å²) < 4.78 is 10.8. The van der Waals surface area contributed by atoms with Crippen LogP contribution in [-0.2, 0) is 4.57 Å². The van der Waals surface area contributed by atoms with Crippen LogP contribution in [0.5, 0.6) is 0 Å². The molecule has 0 amide bonds. The number of rotatable bonds is 13. The molecule has 4 fully saturated rings. The van der Waals surface area contributed by atoms with Crippen molar-refractivity contribution in [2.45, 2.75) is 103 Å². The molecule has 2 N–H and O–H groups in total. The molecule has 26 heavy (non-hydrogen) atoms. The first kappa shape index (κ1) is 20.9. The third-order valence-corrected chi connectivity index (χ3v) is 8.56. The van der Waals surface area contributed by atoms with Gasteiger partial charge < -0.3 is 9.79 Å². The fraction of sp³-hybridized carbons (Fsp3) is 1.00. The quantitative estimate of drug-likeness (QED) is 0.280. The zero-order chi connectivity index (χ0) is 18.4. The fourth-order valence-corrected chi connectivity index (χ4v) is 7.26. The SMILES string of the molecule is O=P(O)(O)CCCCCCCCCCCCC1[C@H]2C[C@@H]3C[C@@H](C[C@H]1C3)C2. The molecule has 3 nitrogen and oxygen atoms in total. The molecule has 4 heteroatoms. The summed E-state index contributed by atoms with van der Waals surface area (Å²) in [5.41, 5.74) is 0. The smallest absolute Gasteiger partial charge is 0.324 e. The molecular weight excluding hydrogens is 343 g/mol. The molecule has 0 atom stereocenters. The Hall–Kier alpha value is 0.150. The van der Waals surface area contributed by atoms with Crippen LogP contribution in [0.25, 0.3) is 0 Å². The Bertz CT molecular complexity index is 430. The van der Waals surface area contributed by atoms with E-state index in [1.165, 1.54) is 51.4 Å². The van der Waals surface area contributed by atoms with E-state index >= 15 is 0 Å². The average Bonchev–Trinajstić information content (AvgIpc) is 2.56. The monoisotopic (exact) mass is 384 g/mol. The Labute approximate surface area is 160 Å². The van der Waals surface area contributed by atoms with Crippen LogP contribution in [-0.4, -0.2) is 15.9 Å². The minimum Gasteiger partial charge on any atom is -0.324 e. The van der Waals surface area contributed by atoms with Gasteiger partial charge in [0.1, 0.15) is 0 Å². The molecule has 0 spiro atoms. The molecule has 4 aliphatic rings. The van der Waals surface area contributed by atoms with Gasteiger partial charge in [-0.3, -0.25) is 4.57 Å². The van der Waals surface area contributed by atoms with Crippen molar-refractivity contribution in [3.63, 3.8) is 0 Å². The molecule has 0 aromatic heterocycles. The maximum atomic E-state index is 10.8. The van der Waals surface area contributed by atoms with Crippen molar-refractivity contribution in [2.24, 2.45) is 29.6 Å². The van der Waals surface area contributed by atoms with E-state index in [4.69, 9.17) is 9.79 Å². The van der Waals surface area contributed by atoms with Gasteiger partial charge in [0.25, 0.3) is 0 Å². The van der Waals surface area contributed by atoms with E-state index in [9.17, 15) is 4.57 Å². The lowest BCUT2D eigenvalue weighted by Crippen LogP contribution is -2.44. The summed E-state index contributed by atoms with van der Waals surface area (Å²) in [6, 6.07) is 0. The summed E-state index contributed by atoms with van der Waals surface area (Å²) in [5, 5.41) is 0. The van der Waals surface area contributed by atoms with E-state index in [0.29, 0.717) is 6.42 Å². The van der Waals surface area contributed by atoms with Gasteiger partial charge in [-0.15, -0.1) is 0 Å². The molecule has 4 saturated carbocycles. The van der Waals surface area contributed by atoms with Crippen molar-refractivity contribution in [3.05, 3.63) is 0 Å². The van der Waals surface area contributed by atoms with Crippen LogP contribution < -0.4 is 0 Å². The molecule has 0 aromatic rings. The second kappa shape index (κ2) is 10.1. The van der Waals surface area contributed by atoms with Crippen LogP contribution in [0.15, 0.2) is 0 Å². The summed E-state index contributed by atoms with van der Waals surface area (Å²) in [7, 11) is -3.76. The molecule has 0 heterocycles. The number of unbranched alkanes of at least 4 members (excludes halogenated alkanes) is 9. The van der Waals surface area contributed by atoms with Crippen molar-refractivity contribution in [2.75, 3.05) is 6.16 Å². The highest BCUT2D eigenvalue weighted by Crippen LogP contribution is 2.57. The second-order valence-electron chi connectivity index (χ2n) is 9.81. The third-order valence-electron chi connectivity index (χ3n) is 7.66. The molecule has 4 bridgehead atoms. The summed E-state index contributed by atoms with van der Waals surface area (Å²) in [4.78, 5) is 17.6. The Morgan fingerprint density at radius 1 is 0.615 bits per heavy atom. The number of hydrogen-bond acceptors (Lipinski definition) is 1. The predicted octanol–water partition coefficient (Wildman–Crippen LogP) is 6.53. The average molecular weight is 385 g/mol. The van der Waals surface area contributed by atoms with Crippen molar-refractivity contribution in [1.82, 2.24) is 0 Å². The summed E-state index contributed by atoms with van der Waals surface area (Å²) in [6.45, 7) is 0. The van der Waals surface area contributed by atoms with E-state index in [2.05, 4.69) is 0 Å². The first-order chi connectivity index (χ1) is 12.5. The highest BCUT2D eigenvalue weighted by molar-refractivity contribution is 7.51. The zero-order valence-corrected chi connectivity index (χ0v) is 17.6. The van der Waals surface area contributed by atoms with Gasteiger partial charge in [-0.25, -0.2) is 0 Å². The van der Waals surface area contributed by atoms with Crippen LogP contribution in [0.2, 0.25) is 0 Å². The van der Waals surface area contributed by atoms with Gasteiger partial charge in [-0.1, -0.05) is 57.8 Å². The maximum absolute atomic E-state index is 10.8. The highest BCUT2D eigenvalue weighted by atomic mass is 31.2.